The number of anilines is 2. The number of amides is 1. The van der Waals surface area contributed by atoms with E-state index in [9.17, 15) is 21.6 Å². The van der Waals surface area contributed by atoms with Gasteiger partial charge in [0.1, 0.15) is 0 Å². The van der Waals surface area contributed by atoms with Crippen LogP contribution in [0.15, 0.2) is 41.6 Å². The molecule has 3 rings (SSSR count). The zero-order valence-electron chi connectivity index (χ0n) is 13.1. The molecule has 2 aromatic rings. The molecule has 0 radical (unpaired) electrons. The highest BCUT2D eigenvalue weighted by molar-refractivity contribution is 7.94. The number of sulfonamides is 2. The van der Waals surface area contributed by atoms with Gasteiger partial charge in [0, 0.05) is 18.8 Å². The van der Waals surface area contributed by atoms with Crippen molar-refractivity contribution in [3.05, 3.63) is 42.2 Å². The van der Waals surface area contributed by atoms with Crippen LogP contribution >= 0.6 is 0 Å². The smallest absolute Gasteiger partial charge is 0.264 e. The summed E-state index contributed by atoms with van der Waals surface area (Å²) in [5.74, 6) is -0.869. The molecule has 0 aliphatic carbocycles. The lowest BCUT2D eigenvalue weighted by atomic mass is 10.2. The molecule has 11 heteroatoms. The van der Waals surface area contributed by atoms with Gasteiger partial charge in [0.05, 0.1) is 16.3 Å². The third-order valence-electron chi connectivity index (χ3n) is 3.55. The molecular weight excluding hydrogens is 368 g/mol. The van der Waals surface area contributed by atoms with Gasteiger partial charge < -0.3 is 0 Å². The monoisotopic (exact) mass is 382 g/mol. The molecular formula is C14H14N4O5S2. The number of hydrogen-bond donors (Lipinski definition) is 1. The molecule has 0 unspecified atom stereocenters. The highest BCUT2D eigenvalue weighted by atomic mass is 32.2. The first-order valence-corrected chi connectivity index (χ1v) is 10.3. The summed E-state index contributed by atoms with van der Waals surface area (Å²) in [5, 5.41) is 0. The van der Waals surface area contributed by atoms with Crippen LogP contribution in [-0.2, 0) is 24.8 Å². The Morgan fingerprint density at radius 2 is 1.88 bits per heavy atom. The summed E-state index contributed by atoms with van der Waals surface area (Å²) in [5.41, 5.74) is 0.408. The molecule has 1 aliphatic heterocycles. The second-order valence-electron chi connectivity index (χ2n) is 5.35. The molecule has 1 fully saturated rings. The predicted octanol–water partition coefficient (Wildman–Crippen LogP) is 0.652. The molecule has 1 aromatic heterocycles. The van der Waals surface area contributed by atoms with E-state index < -0.39 is 26.0 Å². The Balaban J connectivity index is 1.96. The number of benzene rings is 1. The molecule has 1 aromatic carbocycles. The maximum absolute atomic E-state index is 12.5. The number of aromatic nitrogens is 2. The molecule has 1 N–H and O–H groups in total. The van der Waals surface area contributed by atoms with E-state index >= 15 is 0 Å². The Hall–Kier alpha value is -2.53. The van der Waals surface area contributed by atoms with Gasteiger partial charge in [-0.05, 0) is 36.8 Å². The van der Waals surface area contributed by atoms with Gasteiger partial charge in [-0.25, -0.2) is 35.8 Å². The van der Waals surface area contributed by atoms with E-state index in [4.69, 9.17) is 0 Å². The highest BCUT2D eigenvalue weighted by Crippen LogP contribution is 2.28. The van der Waals surface area contributed by atoms with E-state index in [2.05, 4.69) is 14.7 Å². The van der Waals surface area contributed by atoms with Crippen molar-refractivity contribution in [1.82, 2.24) is 9.97 Å². The number of nitrogens with one attached hydrogen (secondary N) is 1. The summed E-state index contributed by atoms with van der Waals surface area (Å²) in [6.45, 7) is 1.51. The van der Waals surface area contributed by atoms with Crippen LogP contribution in [0.5, 0.6) is 0 Å². The van der Waals surface area contributed by atoms with Gasteiger partial charge in [0.15, 0.2) is 0 Å². The number of hydrogen-bond acceptors (Lipinski definition) is 7. The van der Waals surface area contributed by atoms with E-state index in [1.807, 2.05) is 0 Å². The van der Waals surface area contributed by atoms with Crippen LogP contribution in [-0.4, -0.2) is 38.5 Å². The lowest BCUT2D eigenvalue weighted by Gasteiger charge is -2.17. The minimum atomic E-state index is -3.95. The fourth-order valence-electron chi connectivity index (χ4n) is 2.46. The van der Waals surface area contributed by atoms with Crippen LogP contribution in [0.1, 0.15) is 12.0 Å². The summed E-state index contributed by atoms with van der Waals surface area (Å²) in [7, 11) is -7.66. The third-order valence-corrected chi connectivity index (χ3v) is 6.73. The summed E-state index contributed by atoms with van der Waals surface area (Å²) in [6, 6.07) is 5.43. The van der Waals surface area contributed by atoms with Crippen LogP contribution in [0.4, 0.5) is 11.6 Å². The number of carbonyl (C=O) groups excluding carboxylic acids is 1. The topological polar surface area (TPSA) is 126 Å². The van der Waals surface area contributed by atoms with Crippen molar-refractivity contribution < 1.29 is 21.6 Å². The van der Waals surface area contributed by atoms with E-state index in [0.717, 1.165) is 0 Å². The zero-order valence-corrected chi connectivity index (χ0v) is 14.7. The molecule has 0 atom stereocenters. The third kappa shape index (κ3) is 3.33. The number of rotatable bonds is 4. The van der Waals surface area contributed by atoms with Crippen LogP contribution in [0, 0.1) is 6.92 Å². The minimum Gasteiger partial charge on any atom is -0.273 e. The van der Waals surface area contributed by atoms with E-state index in [0.29, 0.717) is 4.31 Å². The summed E-state index contributed by atoms with van der Waals surface area (Å²) < 4.78 is 51.8. The summed E-state index contributed by atoms with van der Waals surface area (Å²) in [6.07, 6.45) is 2.70. The molecule has 1 saturated heterocycles. The van der Waals surface area contributed by atoms with Crippen LogP contribution in [0.25, 0.3) is 0 Å². The van der Waals surface area contributed by atoms with Crippen LogP contribution < -0.4 is 9.03 Å². The van der Waals surface area contributed by atoms with Gasteiger partial charge in [-0.3, -0.25) is 4.79 Å². The lowest BCUT2D eigenvalue weighted by Crippen LogP contribution is -2.29. The quantitative estimate of drug-likeness (QED) is 0.822. The van der Waals surface area contributed by atoms with Gasteiger partial charge in [-0.1, -0.05) is 0 Å². The van der Waals surface area contributed by atoms with Gasteiger partial charge in [0.25, 0.3) is 10.0 Å². The maximum Gasteiger partial charge on any atom is 0.264 e. The van der Waals surface area contributed by atoms with Crippen molar-refractivity contribution in [2.24, 2.45) is 0 Å². The van der Waals surface area contributed by atoms with Crippen molar-refractivity contribution in [2.75, 3.05) is 14.8 Å². The standard InChI is InChI=1S/C14H14N4O5S2/c1-10-9-11(18-13(19)5-8-24(18,20)21)3-4-12(10)25(22,23)17-14-15-6-2-7-16-14/h2-4,6-7,9H,5,8H2,1H3,(H,15,16,17). The second-order valence-corrected chi connectivity index (χ2v) is 8.94. The Labute approximate surface area is 144 Å². The molecule has 25 heavy (non-hydrogen) atoms. The molecule has 0 spiro atoms. The molecule has 0 bridgehead atoms. The fourth-order valence-corrected chi connectivity index (χ4v) is 5.09. The van der Waals surface area contributed by atoms with Crippen molar-refractivity contribution in [3.8, 4) is 0 Å². The van der Waals surface area contributed by atoms with Crippen molar-refractivity contribution >= 4 is 37.6 Å². The minimum absolute atomic E-state index is 0.0623. The normalized spacial score (nSPS) is 16.8. The lowest BCUT2D eigenvalue weighted by molar-refractivity contribution is -0.116. The first kappa shape index (κ1) is 17.3. The molecule has 0 saturated carbocycles. The second kappa shape index (κ2) is 6.08. The van der Waals surface area contributed by atoms with Gasteiger partial charge in [0.2, 0.25) is 21.9 Å². The molecule has 2 heterocycles. The van der Waals surface area contributed by atoms with E-state index in [1.54, 1.807) is 6.07 Å². The predicted molar refractivity (Wildman–Crippen MR) is 89.9 cm³/mol. The number of nitrogens with zero attached hydrogens (tertiary/aromatic N) is 3. The van der Waals surface area contributed by atoms with Gasteiger partial charge in [-0.15, -0.1) is 0 Å². The molecule has 1 aliphatic rings. The number of carbonyl (C=O) groups is 1. The molecule has 132 valence electrons. The van der Waals surface area contributed by atoms with E-state index in [1.165, 1.54) is 37.5 Å². The Morgan fingerprint density at radius 3 is 2.44 bits per heavy atom. The first-order chi connectivity index (χ1) is 11.7. The number of aryl methyl sites for hydroxylation is 1. The Bertz CT molecular complexity index is 1040. The highest BCUT2D eigenvalue weighted by Gasteiger charge is 2.36. The van der Waals surface area contributed by atoms with Gasteiger partial charge in [-0.2, -0.15) is 0 Å². The Morgan fingerprint density at radius 1 is 1.20 bits per heavy atom. The van der Waals surface area contributed by atoms with Crippen LogP contribution in [0.2, 0.25) is 0 Å². The summed E-state index contributed by atoms with van der Waals surface area (Å²) in [4.78, 5) is 19.4. The average molecular weight is 382 g/mol. The zero-order chi connectivity index (χ0) is 18.2. The van der Waals surface area contributed by atoms with Crippen LogP contribution in [0.3, 0.4) is 0 Å². The van der Waals surface area contributed by atoms with Crippen molar-refractivity contribution in [2.45, 2.75) is 18.2 Å². The largest absolute Gasteiger partial charge is 0.273 e. The summed E-state index contributed by atoms with van der Waals surface area (Å²) >= 11 is 0. The average Bonchev–Trinajstić information content (AvgIpc) is 2.80. The van der Waals surface area contributed by atoms with Gasteiger partial charge >= 0.3 is 0 Å². The van der Waals surface area contributed by atoms with Crippen molar-refractivity contribution in [1.29, 1.82) is 0 Å². The van der Waals surface area contributed by atoms with E-state index in [-0.39, 0.29) is 34.3 Å². The molecule has 9 nitrogen and oxygen atoms in total. The first-order valence-electron chi connectivity index (χ1n) is 7.17. The SMILES string of the molecule is Cc1cc(N2C(=O)CCS2(=O)=O)ccc1S(=O)(=O)Nc1ncccn1. The molecule has 1 amide bonds. The maximum atomic E-state index is 12.5. The fraction of sp³-hybridized carbons (Fsp3) is 0.214. The Kier molecular flexibility index (Phi) is 4.21. The van der Waals surface area contributed by atoms with Crippen molar-refractivity contribution in [3.63, 3.8) is 0 Å².